The van der Waals surface area contributed by atoms with Gasteiger partial charge in [0.2, 0.25) is 5.52 Å². The van der Waals surface area contributed by atoms with Crippen LogP contribution in [0.4, 0.5) is 11.8 Å². The number of nitrogens with two attached hydrogens (primary N) is 2. The number of aryl methyl sites for hydroxylation is 1. The zero-order valence-electron chi connectivity index (χ0n) is 28.1. The highest BCUT2D eigenvalue weighted by atomic mass is 31.3. The van der Waals surface area contributed by atoms with Crippen molar-refractivity contribution in [2.24, 2.45) is 17.8 Å². The Morgan fingerprint density at radius 3 is 2.43 bits per heavy atom. The molecule has 5 unspecified atom stereocenters. The van der Waals surface area contributed by atoms with Crippen LogP contribution in [0.1, 0.15) is 18.1 Å². The largest absolute Gasteiger partial charge is 0.490 e. The topological polar surface area (TPSA) is 349 Å². The number of nitrogens with one attached hydrogen (secondary N) is 2. The minimum atomic E-state index is -5.85. The molecule has 6 rings (SSSR count). The molecule has 53 heavy (non-hydrogen) atoms. The number of hydrogen-bond acceptors (Lipinski definition) is 19. The van der Waals surface area contributed by atoms with Gasteiger partial charge in [0.1, 0.15) is 24.0 Å². The molecule has 3 aliphatic rings. The average Bonchev–Trinajstić information content (AvgIpc) is 3.70. The highest BCUT2D eigenvalue weighted by Gasteiger charge is 2.49. The van der Waals surface area contributed by atoms with Gasteiger partial charge in [0, 0.05) is 13.7 Å². The molecule has 29 heteroatoms. The molecule has 3 aromatic rings. The Labute approximate surface area is 298 Å². The lowest BCUT2D eigenvalue weighted by Gasteiger charge is -2.34. The van der Waals surface area contributed by atoms with E-state index in [1.54, 1.807) is 25.3 Å². The summed E-state index contributed by atoms with van der Waals surface area (Å²) in [7, 11) is -12.3. The number of guanidine groups is 1. The number of hydrogen-bond donors (Lipinski definition) is 8. The molecule has 0 amide bonds. The molecule has 9 atom stereocenters. The third kappa shape index (κ3) is 8.47. The van der Waals surface area contributed by atoms with E-state index in [0.717, 1.165) is 0 Å². The first kappa shape index (κ1) is 39.3. The number of fused-ring (bicyclic) bond motifs is 2. The molecule has 3 aliphatic heterocycles. The lowest BCUT2D eigenvalue weighted by Crippen LogP contribution is -2.54. The SMILES string of the molecule is C=C1NC(N)=Nc2c1ncn2[C@@H]1OC(COP(=O)(O)OP(=O)(O)OP(=O)(O)OC[C@@H]2CN(C)CC([n+]3cn(C)c4c(=O)[nH]c(N)nc43)O2)[C@@H](O)[C@H]1OC. The van der Waals surface area contributed by atoms with Crippen molar-refractivity contribution in [1.82, 2.24) is 34.3 Å². The summed E-state index contributed by atoms with van der Waals surface area (Å²) < 4.78 is 77.5. The van der Waals surface area contributed by atoms with E-state index >= 15 is 0 Å². The monoisotopic (exact) mass is 812 g/mol. The Morgan fingerprint density at radius 1 is 1.08 bits per heavy atom. The maximum Gasteiger partial charge on any atom is 0.490 e. The van der Waals surface area contributed by atoms with Crippen molar-refractivity contribution in [1.29, 1.82) is 0 Å². The van der Waals surface area contributed by atoms with E-state index in [0.29, 0.717) is 11.4 Å². The molecule has 292 valence electrons. The second kappa shape index (κ2) is 14.7. The number of likely N-dealkylation sites (N-methyl/N-ethyl adjacent to an activating group) is 1. The molecule has 0 spiro atoms. The van der Waals surface area contributed by atoms with Crippen molar-refractivity contribution in [3.63, 3.8) is 0 Å². The van der Waals surface area contributed by atoms with Crippen LogP contribution in [-0.4, -0.2) is 120 Å². The molecule has 0 radical (unpaired) electrons. The molecule has 26 nitrogen and oxygen atoms in total. The lowest BCUT2D eigenvalue weighted by atomic mass is 10.1. The Kier molecular flexibility index (Phi) is 10.9. The lowest BCUT2D eigenvalue weighted by molar-refractivity contribution is -0.747. The number of rotatable bonds is 13. The first-order chi connectivity index (χ1) is 24.8. The van der Waals surface area contributed by atoms with Crippen molar-refractivity contribution in [3.05, 3.63) is 35.3 Å². The van der Waals surface area contributed by atoms with Crippen LogP contribution in [0.25, 0.3) is 16.9 Å². The molecule has 0 saturated carbocycles. The van der Waals surface area contributed by atoms with E-state index in [4.69, 9.17) is 34.7 Å². The Balaban J connectivity index is 1.04. The molecule has 0 aromatic carbocycles. The number of aromatic amines is 1. The molecule has 6 heterocycles. The summed E-state index contributed by atoms with van der Waals surface area (Å²) in [4.78, 5) is 59.6. The van der Waals surface area contributed by atoms with Crippen LogP contribution in [0.5, 0.6) is 0 Å². The number of methoxy groups -OCH3 is 1. The number of phosphoric ester groups is 2. The minimum absolute atomic E-state index is 0.00635. The third-order valence-corrected chi connectivity index (χ3v) is 12.3. The standard InChI is InChI=1S/C24H36N11O15P3/c1-11-15-19(29-23(25)28-11)34(9-27-15)22-18(44-4)17(36)13(48-22)8-46-52(40,41)50-53(42,43)49-51(38,39)45-7-12-5-32(2)6-14(47-12)35-10-33(3)16-20(35)30-24(26)31-21(16)37/h9-10,12-14,17-18,22,36H,1,5-8H2,2-4H3,(H8-,25,26,28,29,30,31,37,38,39,40,41,42,43)/p+1/t12-,13?,14?,17+,18+,22+/m0/s1. The Bertz CT molecular complexity index is 2140. The van der Waals surface area contributed by atoms with Gasteiger partial charge >= 0.3 is 29.1 Å². The van der Waals surface area contributed by atoms with Crippen LogP contribution in [0.15, 0.2) is 29.0 Å². The van der Waals surface area contributed by atoms with Crippen LogP contribution in [0.3, 0.4) is 0 Å². The summed E-state index contributed by atoms with van der Waals surface area (Å²) >= 11 is 0. The van der Waals surface area contributed by atoms with Crippen LogP contribution < -0.4 is 26.9 Å². The van der Waals surface area contributed by atoms with Gasteiger partial charge in [-0.25, -0.2) is 23.2 Å². The second-order valence-corrected chi connectivity index (χ2v) is 16.7. The average molecular weight is 813 g/mol. The number of nitrogens with zero attached hydrogens (tertiary/aromatic N) is 7. The molecule has 2 fully saturated rings. The zero-order valence-corrected chi connectivity index (χ0v) is 30.7. The number of aromatic nitrogens is 6. The summed E-state index contributed by atoms with van der Waals surface area (Å²) in [6, 6.07) is 0. The summed E-state index contributed by atoms with van der Waals surface area (Å²) in [6.45, 7) is 2.66. The van der Waals surface area contributed by atoms with Gasteiger partial charge < -0.3 is 50.8 Å². The molecule has 0 aliphatic carbocycles. The van der Waals surface area contributed by atoms with Gasteiger partial charge in [-0.3, -0.25) is 32.9 Å². The second-order valence-electron chi connectivity index (χ2n) is 12.0. The first-order valence-electron chi connectivity index (χ1n) is 15.3. The van der Waals surface area contributed by atoms with Gasteiger partial charge in [0.05, 0.1) is 44.9 Å². The number of H-pyrrole nitrogens is 1. The number of imidazole rings is 2. The van der Waals surface area contributed by atoms with Gasteiger partial charge in [0.25, 0.3) is 11.5 Å². The number of phosphoric acid groups is 3. The van der Waals surface area contributed by atoms with E-state index in [-0.39, 0.29) is 42.0 Å². The van der Waals surface area contributed by atoms with Crippen molar-refractivity contribution in [2.75, 3.05) is 46.2 Å². The first-order valence-corrected chi connectivity index (χ1v) is 19.8. The predicted molar refractivity (Wildman–Crippen MR) is 177 cm³/mol. The van der Waals surface area contributed by atoms with Crippen molar-refractivity contribution < 1.29 is 69.9 Å². The van der Waals surface area contributed by atoms with E-state index in [2.05, 4.69) is 40.5 Å². The number of aliphatic hydroxyl groups is 1. The summed E-state index contributed by atoms with van der Waals surface area (Å²) in [6.07, 6.45) is -3.96. The minimum Gasteiger partial charge on any atom is -0.387 e. The van der Waals surface area contributed by atoms with Gasteiger partial charge in [-0.2, -0.15) is 13.6 Å². The Hall–Kier alpha value is -3.42. The fourth-order valence-corrected chi connectivity index (χ4v) is 9.49. The van der Waals surface area contributed by atoms with Crippen molar-refractivity contribution >= 4 is 58.1 Å². The molecular weight excluding hydrogens is 775 g/mol. The summed E-state index contributed by atoms with van der Waals surface area (Å²) in [5.41, 5.74) is 12.1. The zero-order chi connectivity index (χ0) is 38.6. The van der Waals surface area contributed by atoms with Crippen molar-refractivity contribution in [3.8, 4) is 0 Å². The normalized spacial score (nSPS) is 28.5. The fourth-order valence-electron chi connectivity index (χ4n) is 5.95. The smallest absolute Gasteiger partial charge is 0.387 e. The van der Waals surface area contributed by atoms with Crippen molar-refractivity contribution in [2.45, 2.75) is 36.9 Å². The molecule has 3 aromatic heterocycles. The quantitative estimate of drug-likeness (QED) is 0.0684. The van der Waals surface area contributed by atoms with Crippen LogP contribution in [0.2, 0.25) is 0 Å². The molecular formula is C24H37N11O15P3+. The Morgan fingerprint density at radius 2 is 1.75 bits per heavy atom. The molecule has 10 N–H and O–H groups in total. The fraction of sp³-hybridized carbons (Fsp3) is 0.542. The van der Waals surface area contributed by atoms with Crippen LogP contribution in [-0.2, 0) is 52.6 Å². The number of nitrogen functional groups attached to an aromatic ring is 1. The number of aliphatic imine (C=N–C) groups is 1. The van der Waals surface area contributed by atoms with Gasteiger partial charge in [-0.15, -0.1) is 0 Å². The predicted octanol–water partition coefficient (Wildman–Crippen LogP) is -1.98. The highest BCUT2D eigenvalue weighted by molar-refractivity contribution is 7.66. The molecule has 2 saturated heterocycles. The number of ether oxygens (including phenoxy) is 3. The van der Waals surface area contributed by atoms with Gasteiger partial charge in [0.15, 0.2) is 30.6 Å². The maximum absolute atomic E-state index is 12.7. The van der Waals surface area contributed by atoms with Crippen LogP contribution >= 0.6 is 23.5 Å². The number of anilines is 1. The summed E-state index contributed by atoms with van der Waals surface area (Å²) in [5, 5.41) is 13.5. The van der Waals surface area contributed by atoms with E-state index in [9.17, 15) is 38.3 Å². The van der Waals surface area contributed by atoms with E-state index in [1.807, 2.05) is 0 Å². The van der Waals surface area contributed by atoms with Crippen LogP contribution in [0, 0.1) is 0 Å². The number of aliphatic hydroxyl groups excluding tert-OH is 1. The number of morpholine rings is 1. The van der Waals surface area contributed by atoms with Gasteiger partial charge in [-0.1, -0.05) is 11.6 Å². The summed E-state index contributed by atoms with van der Waals surface area (Å²) in [5.74, 6) is 0.0855. The molecule has 0 bridgehead atoms. The third-order valence-electron chi connectivity index (χ3n) is 8.09. The van der Waals surface area contributed by atoms with Gasteiger partial charge in [-0.05, 0) is 7.05 Å². The maximum atomic E-state index is 12.7. The van der Waals surface area contributed by atoms with E-state index < -0.39 is 79.1 Å². The van der Waals surface area contributed by atoms with E-state index in [1.165, 1.54) is 27.1 Å². The highest BCUT2D eigenvalue weighted by Crippen LogP contribution is 2.67.